The maximum atomic E-state index is 11.5. The minimum absolute atomic E-state index is 1.05. The summed E-state index contributed by atoms with van der Waals surface area (Å²) >= 11 is 0. The van der Waals surface area contributed by atoms with Gasteiger partial charge in [-0.2, -0.15) is 0 Å². The third-order valence-electron chi connectivity index (χ3n) is 2.01. The molecule has 10 heavy (non-hydrogen) atoms. The number of nitrogens with zero attached hydrogens (tertiary/aromatic N) is 1. The van der Waals surface area contributed by atoms with Crippen LogP contribution in [0.1, 0.15) is 19.3 Å². The van der Waals surface area contributed by atoms with Gasteiger partial charge in [0, 0.05) is 25.6 Å². The third kappa shape index (κ3) is 2.06. The molecule has 3 heteroatoms. The first kappa shape index (κ1) is 8.21. The van der Waals surface area contributed by atoms with Crippen molar-refractivity contribution in [3.63, 3.8) is 0 Å². The highest BCUT2D eigenvalue weighted by molar-refractivity contribution is 7.99. The van der Waals surface area contributed by atoms with Gasteiger partial charge in [0.1, 0.15) is 0 Å². The average molecular weight is 163 g/mol. The van der Waals surface area contributed by atoms with Crippen LogP contribution >= 0.6 is 0 Å². The Morgan fingerprint density at radius 3 is 1.90 bits per heavy atom. The van der Waals surface area contributed by atoms with Crippen molar-refractivity contribution in [2.75, 3.05) is 25.6 Å². The summed E-state index contributed by atoms with van der Waals surface area (Å²) in [6.07, 6.45) is 7.49. The molecule has 1 fully saturated rings. The molecule has 1 saturated heterocycles. The smallest absolute Gasteiger partial charge is 0.00935 e. The standard InChI is InChI=1S/C7H17NOS/c1-10(2,9)8-6-4-3-5-7-8/h10H,3-7H2,1-2H3. The van der Waals surface area contributed by atoms with E-state index in [2.05, 4.69) is 4.31 Å². The SMILES string of the molecule is C[SH](C)(=O)N1CCCCC1. The third-order valence-corrected chi connectivity index (χ3v) is 3.78. The van der Waals surface area contributed by atoms with Crippen molar-refractivity contribution in [2.45, 2.75) is 19.3 Å². The van der Waals surface area contributed by atoms with Crippen LogP contribution in [0.4, 0.5) is 0 Å². The van der Waals surface area contributed by atoms with Gasteiger partial charge in [-0.1, -0.05) is 16.5 Å². The van der Waals surface area contributed by atoms with Crippen molar-refractivity contribution in [3.8, 4) is 0 Å². The van der Waals surface area contributed by atoms with Gasteiger partial charge in [-0.3, -0.25) is 4.21 Å². The molecule has 1 aliphatic heterocycles. The zero-order chi connectivity index (χ0) is 7.61. The van der Waals surface area contributed by atoms with Crippen molar-refractivity contribution in [2.24, 2.45) is 0 Å². The van der Waals surface area contributed by atoms with Crippen LogP contribution < -0.4 is 0 Å². The summed E-state index contributed by atoms with van der Waals surface area (Å²) in [4.78, 5) is 0. The molecular weight excluding hydrogens is 146 g/mol. The fraction of sp³-hybridized carbons (Fsp3) is 1.00. The zero-order valence-electron chi connectivity index (χ0n) is 6.84. The van der Waals surface area contributed by atoms with E-state index in [4.69, 9.17) is 0 Å². The van der Waals surface area contributed by atoms with Crippen LogP contribution in [0.3, 0.4) is 0 Å². The van der Waals surface area contributed by atoms with Crippen LogP contribution in [0.5, 0.6) is 0 Å². The second-order valence-corrected chi connectivity index (χ2v) is 6.46. The second-order valence-electron chi connectivity index (χ2n) is 3.31. The summed E-state index contributed by atoms with van der Waals surface area (Å²) in [5.74, 6) is 0. The molecule has 0 saturated carbocycles. The van der Waals surface area contributed by atoms with E-state index in [0.29, 0.717) is 0 Å². The zero-order valence-corrected chi connectivity index (χ0v) is 7.73. The largest absolute Gasteiger partial charge is 0.272 e. The van der Waals surface area contributed by atoms with Crippen molar-refractivity contribution in [1.82, 2.24) is 4.31 Å². The fourth-order valence-corrected chi connectivity index (χ4v) is 2.61. The molecule has 62 valence electrons. The minimum atomic E-state index is -1.91. The predicted molar refractivity (Wildman–Crippen MR) is 46.8 cm³/mol. The molecule has 0 bridgehead atoms. The number of piperidine rings is 1. The summed E-state index contributed by atoms with van der Waals surface area (Å²) < 4.78 is 13.6. The van der Waals surface area contributed by atoms with Gasteiger partial charge in [-0.25, -0.2) is 4.31 Å². The molecule has 0 aromatic rings. The first-order valence-electron chi connectivity index (χ1n) is 3.91. The van der Waals surface area contributed by atoms with Gasteiger partial charge >= 0.3 is 0 Å². The van der Waals surface area contributed by atoms with Gasteiger partial charge in [0.25, 0.3) is 0 Å². The van der Waals surface area contributed by atoms with Crippen LogP contribution in [0, 0.1) is 0 Å². The van der Waals surface area contributed by atoms with Crippen molar-refractivity contribution < 1.29 is 4.21 Å². The number of hydrogen-bond acceptors (Lipinski definition) is 1. The summed E-state index contributed by atoms with van der Waals surface area (Å²) in [6.45, 7) is 2.09. The highest BCUT2D eigenvalue weighted by Crippen LogP contribution is 2.14. The summed E-state index contributed by atoms with van der Waals surface area (Å²) in [6, 6.07) is 0. The lowest BCUT2D eigenvalue weighted by atomic mass is 10.2. The summed E-state index contributed by atoms with van der Waals surface area (Å²) in [7, 11) is -1.91. The summed E-state index contributed by atoms with van der Waals surface area (Å²) in [5.41, 5.74) is 0. The van der Waals surface area contributed by atoms with E-state index < -0.39 is 10.1 Å². The van der Waals surface area contributed by atoms with E-state index in [1.54, 1.807) is 0 Å². The molecule has 0 unspecified atom stereocenters. The molecule has 1 rings (SSSR count). The Kier molecular flexibility index (Phi) is 2.47. The Hall–Kier alpha value is 0.110. The van der Waals surface area contributed by atoms with Crippen LogP contribution in [0.25, 0.3) is 0 Å². The van der Waals surface area contributed by atoms with Gasteiger partial charge in [0.15, 0.2) is 0 Å². The van der Waals surface area contributed by atoms with Gasteiger partial charge in [-0.05, 0) is 12.8 Å². The highest BCUT2D eigenvalue weighted by Gasteiger charge is 2.16. The van der Waals surface area contributed by atoms with Crippen LogP contribution in [0.15, 0.2) is 0 Å². The Bertz CT molecular complexity index is 146. The van der Waals surface area contributed by atoms with Crippen molar-refractivity contribution >= 4 is 10.1 Å². The van der Waals surface area contributed by atoms with Crippen LogP contribution in [-0.4, -0.2) is 34.1 Å². The molecular formula is C7H17NOS. The van der Waals surface area contributed by atoms with E-state index in [1.165, 1.54) is 19.3 Å². The number of thiol groups is 1. The molecule has 0 atom stereocenters. The number of hydrogen-bond donors (Lipinski definition) is 1. The quantitative estimate of drug-likeness (QED) is 0.563. The van der Waals surface area contributed by atoms with E-state index in [-0.39, 0.29) is 0 Å². The first-order chi connectivity index (χ1) is 4.61. The normalized spacial score (nSPS) is 24.6. The molecule has 0 aliphatic carbocycles. The highest BCUT2D eigenvalue weighted by atomic mass is 32.3. The van der Waals surface area contributed by atoms with Gasteiger partial charge in [0.2, 0.25) is 0 Å². The lowest BCUT2D eigenvalue weighted by molar-refractivity contribution is 0.361. The van der Waals surface area contributed by atoms with Gasteiger partial charge in [-0.15, -0.1) is 0 Å². The van der Waals surface area contributed by atoms with Gasteiger partial charge < -0.3 is 0 Å². The molecule has 0 radical (unpaired) electrons. The van der Waals surface area contributed by atoms with Crippen molar-refractivity contribution in [3.05, 3.63) is 0 Å². The Morgan fingerprint density at radius 1 is 1.10 bits per heavy atom. The van der Waals surface area contributed by atoms with E-state index in [1.807, 2.05) is 12.5 Å². The van der Waals surface area contributed by atoms with E-state index in [0.717, 1.165) is 13.1 Å². The Morgan fingerprint density at radius 2 is 1.60 bits per heavy atom. The maximum absolute atomic E-state index is 11.5. The van der Waals surface area contributed by atoms with Crippen LogP contribution in [-0.2, 0) is 10.1 Å². The van der Waals surface area contributed by atoms with E-state index in [9.17, 15) is 4.21 Å². The average Bonchev–Trinajstić information content (AvgIpc) is 1.88. The lowest BCUT2D eigenvalue weighted by Gasteiger charge is -2.33. The molecule has 1 aliphatic rings. The fourth-order valence-electron chi connectivity index (χ4n) is 1.36. The van der Waals surface area contributed by atoms with Crippen LogP contribution in [0.2, 0.25) is 0 Å². The lowest BCUT2D eigenvalue weighted by Crippen LogP contribution is -2.38. The molecule has 2 nitrogen and oxygen atoms in total. The predicted octanol–water partition coefficient (Wildman–Crippen LogP) is 0.664. The topological polar surface area (TPSA) is 20.3 Å². The molecule has 0 aromatic carbocycles. The first-order valence-corrected chi connectivity index (χ1v) is 6.46. The summed E-state index contributed by atoms with van der Waals surface area (Å²) in [5, 5.41) is 0. The minimum Gasteiger partial charge on any atom is -0.272 e. The Balaban J connectivity index is 2.47. The van der Waals surface area contributed by atoms with Gasteiger partial charge in [0.05, 0.1) is 0 Å². The van der Waals surface area contributed by atoms with E-state index >= 15 is 0 Å². The molecule has 0 spiro atoms. The Labute approximate surface area is 64.2 Å². The maximum Gasteiger partial charge on any atom is 0.00935 e. The molecule has 0 aromatic heterocycles. The molecule has 1 heterocycles. The molecule has 0 N–H and O–H groups in total. The number of rotatable bonds is 1. The monoisotopic (exact) mass is 163 g/mol. The van der Waals surface area contributed by atoms with Crippen molar-refractivity contribution in [1.29, 1.82) is 0 Å². The second kappa shape index (κ2) is 3.01. The molecule has 0 amide bonds.